The summed E-state index contributed by atoms with van der Waals surface area (Å²) in [5, 5.41) is 3.64. The monoisotopic (exact) mass is 407 g/mol. The van der Waals surface area contributed by atoms with Crippen LogP contribution < -0.4 is 5.32 Å². The van der Waals surface area contributed by atoms with Crippen molar-refractivity contribution in [2.75, 3.05) is 6.54 Å². The van der Waals surface area contributed by atoms with Gasteiger partial charge in [-0.3, -0.25) is 4.79 Å². The first-order valence-electron chi connectivity index (χ1n) is 12.8. The maximum absolute atomic E-state index is 11.6. The van der Waals surface area contributed by atoms with Crippen molar-refractivity contribution in [1.82, 2.24) is 5.32 Å². The van der Waals surface area contributed by atoms with E-state index in [-0.39, 0.29) is 12.1 Å². The predicted octanol–water partition coefficient (Wildman–Crippen LogP) is 7.49. The van der Waals surface area contributed by atoms with Crippen LogP contribution in [0.25, 0.3) is 0 Å². The molecule has 0 unspecified atom stereocenters. The van der Waals surface area contributed by atoms with Crippen LogP contribution in [-0.4, -0.2) is 24.7 Å². The summed E-state index contributed by atoms with van der Waals surface area (Å²) in [5.41, 5.74) is 1.35. The minimum atomic E-state index is -0.153. The van der Waals surface area contributed by atoms with Crippen molar-refractivity contribution in [2.24, 2.45) is 0 Å². The predicted molar refractivity (Wildman–Crippen MR) is 125 cm³/mol. The van der Waals surface area contributed by atoms with Gasteiger partial charge in [-0.2, -0.15) is 0 Å². The average Bonchev–Trinajstić information content (AvgIpc) is 2.70. The third kappa shape index (κ3) is 13.2. The molecule has 1 N–H and O–H groups in total. The van der Waals surface area contributed by atoms with Gasteiger partial charge in [0.05, 0.1) is 0 Å². The Kier molecular flexibility index (Phi) is 16.2. The van der Waals surface area contributed by atoms with Crippen LogP contribution in [0.15, 0.2) is 11.6 Å². The molecule has 1 aliphatic carbocycles. The molecule has 29 heavy (non-hydrogen) atoms. The van der Waals surface area contributed by atoms with E-state index >= 15 is 0 Å². The number of carbonyl (C=O) groups excluding carboxylic acids is 1. The molecule has 3 nitrogen and oxygen atoms in total. The van der Waals surface area contributed by atoms with Gasteiger partial charge >= 0.3 is 5.97 Å². The first kappa shape index (κ1) is 26.2. The average molecular weight is 408 g/mol. The number of hydrogen-bond acceptors (Lipinski definition) is 3. The van der Waals surface area contributed by atoms with Gasteiger partial charge in [-0.05, 0) is 50.6 Å². The summed E-state index contributed by atoms with van der Waals surface area (Å²) in [4.78, 5) is 11.6. The molecule has 0 bridgehead atoms. The van der Waals surface area contributed by atoms with E-state index in [1.54, 1.807) is 6.92 Å². The molecule has 0 aromatic carbocycles. The molecule has 0 radical (unpaired) electrons. The van der Waals surface area contributed by atoms with Crippen molar-refractivity contribution in [3.63, 3.8) is 0 Å². The molecule has 0 saturated heterocycles. The fourth-order valence-electron chi connectivity index (χ4n) is 4.40. The number of esters is 1. The van der Waals surface area contributed by atoms with Gasteiger partial charge in [0.1, 0.15) is 6.10 Å². The van der Waals surface area contributed by atoms with E-state index in [2.05, 4.69) is 25.2 Å². The van der Waals surface area contributed by atoms with E-state index in [9.17, 15) is 4.79 Å². The second-order valence-corrected chi connectivity index (χ2v) is 8.94. The number of carbonyl (C=O) groups is 1. The highest BCUT2D eigenvalue weighted by atomic mass is 16.5. The molecule has 1 saturated carbocycles. The summed E-state index contributed by atoms with van der Waals surface area (Å²) in [6.45, 7) is 7.05. The highest BCUT2D eigenvalue weighted by molar-refractivity contribution is 5.66. The Morgan fingerprint density at radius 2 is 1.52 bits per heavy atom. The minimum Gasteiger partial charge on any atom is -0.456 e. The molecule has 1 aliphatic rings. The van der Waals surface area contributed by atoms with Crippen LogP contribution in [0.5, 0.6) is 0 Å². The third-order valence-electron chi connectivity index (χ3n) is 6.16. The lowest BCUT2D eigenvalue weighted by atomic mass is 9.86. The van der Waals surface area contributed by atoms with E-state index < -0.39 is 0 Å². The fourth-order valence-corrected chi connectivity index (χ4v) is 4.40. The number of allylic oxidation sites excluding steroid dienone is 1. The molecule has 170 valence electrons. The summed E-state index contributed by atoms with van der Waals surface area (Å²) in [6, 6.07) is 0.294. The maximum Gasteiger partial charge on any atom is 0.303 e. The summed E-state index contributed by atoms with van der Waals surface area (Å²) >= 11 is 0. The molecule has 0 aliphatic heterocycles. The lowest BCUT2D eigenvalue weighted by Gasteiger charge is -2.34. The van der Waals surface area contributed by atoms with Gasteiger partial charge in [0.25, 0.3) is 0 Å². The summed E-state index contributed by atoms with van der Waals surface area (Å²) < 4.78 is 5.73. The first-order chi connectivity index (χ1) is 14.2. The zero-order valence-corrected chi connectivity index (χ0v) is 19.8. The van der Waals surface area contributed by atoms with Crippen molar-refractivity contribution >= 4 is 5.97 Å². The number of nitrogens with one attached hydrogen (secondary N) is 1. The minimum absolute atomic E-state index is 0.0502. The molecule has 1 rings (SSSR count). The van der Waals surface area contributed by atoms with Gasteiger partial charge in [0.15, 0.2) is 0 Å². The molecule has 1 fully saturated rings. The second kappa shape index (κ2) is 18.0. The molecule has 0 heterocycles. The van der Waals surface area contributed by atoms with Crippen LogP contribution in [0.3, 0.4) is 0 Å². The van der Waals surface area contributed by atoms with Crippen molar-refractivity contribution in [3.8, 4) is 0 Å². The summed E-state index contributed by atoms with van der Waals surface area (Å²) in [7, 11) is 0. The zero-order valence-electron chi connectivity index (χ0n) is 19.8. The van der Waals surface area contributed by atoms with Crippen molar-refractivity contribution in [1.29, 1.82) is 0 Å². The SMILES string of the molecule is CCCCCCCCCCCCC/C=C1/CCC[C@H](NCCCC)[C@H]1OC(C)=O. The van der Waals surface area contributed by atoms with Gasteiger partial charge in [0.2, 0.25) is 0 Å². The zero-order chi connectivity index (χ0) is 21.2. The maximum atomic E-state index is 11.6. The van der Waals surface area contributed by atoms with Crippen LogP contribution >= 0.6 is 0 Å². The molecular weight excluding hydrogens is 358 g/mol. The van der Waals surface area contributed by atoms with Crippen LogP contribution in [0, 0.1) is 0 Å². The third-order valence-corrected chi connectivity index (χ3v) is 6.16. The van der Waals surface area contributed by atoms with Crippen molar-refractivity contribution < 1.29 is 9.53 Å². The van der Waals surface area contributed by atoms with Crippen LogP contribution in [0.2, 0.25) is 0 Å². The molecule has 2 atom stereocenters. The van der Waals surface area contributed by atoms with Crippen molar-refractivity contribution in [3.05, 3.63) is 11.6 Å². The lowest BCUT2D eigenvalue weighted by Crippen LogP contribution is -2.45. The highest BCUT2D eigenvalue weighted by Gasteiger charge is 2.30. The largest absolute Gasteiger partial charge is 0.456 e. The number of unbranched alkanes of at least 4 members (excludes halogenated alkanes) is 12. The Labute approximate surface area is 181 Å². The number of hydrogen-bond donors (Lipinski definition) is 1. The second-order valence-electron chi connectivity index (χ2n) is 8.94. The standard InChI is InChI=1S/C26H49NO2/c1-4-6-8-9-10-11-12-13-14-15-16-17-19-24-20-18-21-25(27-22-7-5-2)26(24)29-23(3)28/h19,25-27H,4-18,20-22H2,1-3H3/b24-19-/t25-,26-/m0/s1. The smallest absolute Gasteiger partial charge is 0.303 e. The quantitative estimate of drug-likeness (QED) is 0.154. The first-order valence-corrected chi connectivity index (χ1v) is 12.8. The Balaban J connectivity index is 2.23. The van der Waals surface area contributed by atoms with E-state index in [1.807, 2.05) is 0 Å². The van der Waals surface area contributed by atoms with E-state index in [0.717, 1.165) is 25.8 Å². The Morgan fingerprint density at radius 3 is 2.10 bits per heavy atom. The van der Waals surface area contributed by atoms with Gasteiger partial charge in [-0.15, -0.1) is 0 Å². The van der Waals surface area contributed by atoms with Crippen molar-refractivity contribution in [2.45, 2.75) is 142 Å². The Bertz CT molecular complexity index is 432. The molecule has 3 heteroatoms. The van der Waals surface area contributed by atoms with Crippen LogP contribution in [0.1, 0.15) is 130 Å². The van der Waals surface area contributed by atoms with E-state index in [4.69, 9.17) is 4.74 Å². The number of rotatable bonds is 17. The van der Waals surface area contributed by atoms with E-state index in [0.29, 0.717) is 6.04 Å². The van der Waals surface area contributed by atoms with Crippen LogP contribution in [-0.2, 0) is 9.53 Å². The Hall–Kier alpha value is -0.830. The highest BCUT2D eigenvalue weighted by Crippen LogP contribution is 2.28. The summed E-state index contributed by atoms with van der Waals surface area (Å²) in [5.74, 6) is -0.153. The van der Waals surface area contributed by atoms with E-state index in [1.165, 1.54) is 95.5 Å². The van der Waals surface area contributed by atoms with Gasteiger partial charge < -0.3 is 10.1 Å². The molecule has 0 aromatic heterocycles. The van der Waals surface area contributed by atoms with Gasteiger partial charge in [-0.1, -0.05) is 90.6 Å². The molecule has 0 aromatic rings. The van der Waals surface area contributed by atoms with Gasteiger partial charge in [-0.25, -0.2) is 0 Å². The number of ether oxygens (including phenoxy) is 1. The topological polar surface area (TPSA) is 38.3 Å². The normalized spacial score (nSPS) is 20.9. The Morgan fingerprint density at radius 1 is 0.931 bits per heavy atom. The van der Waals surface area contributed by atoms with Crippen LogP contribution in [0.4, 0.5) is 0 Å². The molecular formula is C26H49NO2. The molecule has 0 amide bonds. The summed E-state index contributed by atoms with van der Waals surface area (Å²) in [6.07, 6.45) is 24.4. The van der Waals surface area contributed by atoms with Gasteiger partial charge in [0, 0.05) is 13.0 Å². The fraction of sp³-hybridized carbons (Fsp3) is 0.885. The lowest BCUT2D eigenvalue weighted by molar-refractivity contribution is -0.146. The molecule has 0 spiro atoms.